The lowest BCUT2D eigenvalue weighted by molar-refractivity contribution is -0.132. The Labute approximate surface area is 49.9 Å². The highest BCUT2D eigenvalue weighted by atomic mass is 19.1. The summed E-state index contributed by atoms with van der Waals surface area (Å²) < 4.78 is 15.2. The van der Waals surface area contributed by atoms with Crippen molar-refractivity contribution in [2.24, 2.45) is 0 Å². The Morgan fingerprint density at radius 2 is 2.44 bits per heavy atom. The van der Waals surface area contributed by atoms with Gasteiger partial charge in [0.15, 0.2) is 5.57 Å². The van der Waals surface area contributed by atoms with Crippen LogP contribution in [0.3, 0.4) is 0 Å². The summed E-state index contributed by atoms with van der Waals surface area (Å²) in [4.78, 5) is 10.0. The van der Waals surface area contributed by atoms with Crippen molar-refractivity contribution in [2.45, 2.75) is 0 Å². The van der Waals surface area contributed by atoms with E-state index in [1.807, 2.05) is 0 Å². The molecule has 46 valence electrons. The Morgan fingerprint density at radius 3 is 2.67 bits per heavy atom. The Balaban J connectivity index is 2.92. The monoisotopic (exact) mass is 128 g/mol. The van der Waals surface area contributed by atoms with Crippen LogP contribution in [0.25, 0.3) is 0 Å². The Morgan fingerprint density at radius 1 is 1.78 bits per heavy atom. The molecule has 0 aromatic carbocycles. The Hall–Kier alpha value is -1.41. The van der Waals surface area contributed by atoms with Gasteiger partial charge in [-0.1, -0.05) is 4.67 Å². The molecule has 0 saturated heterocycles. The molecule has 0 atom stereocenters. The molecule has 0 aromatic heterocycles. The van der Waals surface area contributed by atoms with Gasteiger partial charge in [-0.3, -0.25) is 0 Å². The minimum Gasteiger partial charge on any atom is -0.477 e. The fourth-order valence-electron chi connectivity index (χ4n) is 0.475. The molecule has 0 aromatic rings. The van der Waals surface area contributed by atoms with Gasteiger partial charge < -0.3 is 5.11 Å². The molecule has 0 unspecified atom stereocenters. The number of allylic oxidation sites excluding steroid dienone is 1. The topological polar surface area (TPSA) is 51.4 Å². The van der Waals surface area contributed by atoms with Crippen molar-refractivity contribution in [1.29, 1.82) is 0 Å². The lowest BCUT2D eigenvalue weighted by Crippen LogP contribution is -2.06. The molecule has 9 heavy (non-hydrogen) atoms. The number of hydrogen-bond acceptors (Lipinski definition) is 1. The molecule has 0 fully saturated rings. The van der Waals surface area contributed by atoms with Gasteiger partial charge in [0.05, 0.1) is 0 Å². The summed E-state index contributed by atoms with van der Waals surface area (Å²) in [6.45, 7) is 0. The minimum atomic E-state index is -1.29. The fourth-order valence-corrected chi connectivity index (χ4v) is 0.475. The average Bonchev–Trinajstić information content (AvgIpc) is 2.13. The number of rotatable bonds is 1. The number of carboxylic acids is 1. The zero-order valence-corrected chi connectivity index (χ0v) is 4.34. The first kappa shape index (κ1) is 5.72. The summed E-state index contributed by atoms with van der Waals surface area (Å²) in [5, 5.41) is 8.17. The highest BCUT2D eigenvalue weighted by Gasteiger charge is 2.26. The van der Waals surface area contributed by atoms with Crippen molar-refractivity contribution in [3.8, 4) is 0 Å². The zero-order chi connectivity index (χ0) is 6.85. The maximum absolute atomic E-state index is 12.1. The quantitative estimate of drug-likeness (QED) is 0.485. The van der Waals surface area contributed by atoms with E-state index in [0.29, 0.717) is 0 Å². The molecule has 1 aliphatic heterocycles. The number of hydrogen-bond donors (Lipinski definition) is 1. The molecule has 0 spiro atoms. The number of nitrogens with zero attached hydrogens (tertiary/aromatic N) is 1. The summed E-state index contributed by atoms with van der Waals surface area (Å²) in [6, 6.07) is 0. The highest BCUT2D eigenvalue weighted by Crippen LogP contribution is 1.98. The van der Waals surface area contributed by atoms with Gasteiger partial charge in [-0.05, 0) is 0 Å². The number of carbonyl (C=O) groups is 1. The first-order valence-corrected chi connectivity index (χ1v) is 2.22. The van der Waals surface area contributed by atoms with E-state index in [4.69, 9.17) is 5.11 Å². The predicted octanol–water partition coefficient (Wildman–Crippen LogP) is -0.483. The van der Waals surface area contributed by atoms with Crippen LogP contribution in [-0.2, 0) is 4.79 Å². The van der Waals surface area contributed by atoms with Crippen LogP contribution in [0, 0.1) is 0 Å². The first-order chi connectivity index (χ1) is 4.22. The van der Waals surface area contributed by atoms with Gasteiger partial charge in [-0.15, -0.1) is 4.39 Å². The lowest BCUT2D eigenvalue weighted by atomic mass is 10.3. The van der Waals surface area contributed by atoms with E-state index in [0.717, 1.165) is 12.3 Å². The third kappa shape index (κ3) is 0.876. The first-order valence-electron chi connectivity index (χ1n) is 2.22. The number of halogens is 1. The fraction of sp³-hybridized carbons (Fsp3) is 0. The van der Waals surface area contributed by atoms with E-state index in [9.17, 15) is 9.18 Å². The molecule has 0 aliphatic carbocycles. The second kappa shape index (κ2) is 1.84. The number of carboxylic acid groups (broad SMARTS) is 1. The lowest BCUT2D eigenvalue weighted by Gasteiger charge is -1.79. The smallest absolute Gasteiger partial charge is 0.477 e. The minimum absolute atomic E-state index is 0.380. The molecular weight excluding hydrogens is 125 g/mol. The molecule has 0 amide bonds. The van der Waals surface area contributed by atoms with E-state index in [1.54, 1.807) is 0 Å². The Bertz CT molecular complexity index is 248. The average molecular weight is 128 g/mol. The molecular formula is C5H3FNO2+. The Kier molecular flexibility index (Phi) is 1.17. The van der Waals surface area contributed by atoms with Crippen molar-refractivity contribution >= 4 is 18.1 Å². The molecule has 0 radical (unpaired) electrons. The van der Waals surface area contributed by atoms with E-state index in [1.165, 1.54) is 0 Å². The van der Waals surface area contributed by atoms with Crippen LogP contribution in [0.4, 0.5) is 4.39 Å². The predicted molar refractivity (Wildman–Crippen MR) is 30.0 cm³/mol. The van der Waals surface area contributed by atoms with Gasteiger partial charge in [-0.25, -0.2) is 4.79 Å². The molecule has 0 bridgehead atoms. The SMILES string of the molecule is O=C(O)C1=CC=[N+]=C1F. The van der Waals surface area contributed by atoms with Crippen molar-refractivity contribution in [3.05, 3.63) is 11.6 Å². The largest absolute Gasteiger partial charge is 0.494 e. The van der Waals surface area contributed by atoms with E-state index in [2.05, 4.69) is 4.67 Å². The molecule has 4 heteroatoms. The van der Waals surface area contributed by atoms with Gasteiger partial charge in [0.2, 0.25) is 0 Å². The third-order valence-corrected chi connectivity index (χ3v) is 0.882. The second-order valence-electron chi connectivity index (χ2n) is 1.45. The molecule has 1 N–H and O–H groups in total. The van der Waals surface area contributed by atoms with Crippen LogP contribution >= 0.6 is 0 Å². The van der Waals surface area contributed by atoms with E-state index in [-0.39, 0.29) is 5.57 Å². The van der Waals surface area contributed by atoms with E-state index < -0.39 is 11.9 Å². The molecule has 1 heterocycles. The van der Waals surface area contributed by atoms with Crippen LogP contribution in [0.2, 0.25) is 0 Å². The summed E-state index contributed by atoms with van der Waals surface area (Å²) in [5.41, 5.74) is -0.380. The summed E-state index contributed by atoms with van der Waals surface area (Å²) in [7, 11) is 0. The molecule has 1 aliphatic rings. The van der Waals surface area contributed by atoms with Crippen molar-refractivity contribution in [2.75, 3.05) is 0 Å². The maximum Gasteiger partial charge on any atom is 0.494 e. The highest BCUT2D eigenvalue weighted by molar-refractivity contribution is 6.20. The molecule has 3 nitrogen and oxygen atoms in total. The van der Waals surface area contributed by atoms with Gasteiger partial charge in [-0.2, -0.15) is 0 Å². The van der Waals surface area contributed by atoms with Crippen molar-refractivity contribution in [3.63, 3.8) is 0 Å². The summed E-state index contributed by atoms with van der Waals surface area (Å²) in [5.74, 6) is -2.22. The van der Waals surface area contributed by atoms with Crippen molar-refractivity contribution < 1.29 is 14.3 Å². The zero-order valence-electron chi connectivity index (χ0n) is 4.34. The number of aliphatic carboxylic acids is 1. The summed E-state index contributed by atoms with van der Waals surface area (Å²) in [6.07, 6.45) is 2.22. The van der Waals surface area contributed by atoms with Gasteiger partial charge in [0, 0.05) is 6.08 Å². The molecule has 1 rings (SSSR count). The summed E-state index contributed by atoms with van der Waals surface area (Å²) >= 11 is 0. The normalized spacial score (nSPS) is 15.2. The van der Waals surface area contributed by atoms with Crippen LogP contribution in [-0.4, -0.2) is 23.3 Å². The maximum atomic E-state index is 12.1. The third-order valence-electron chi connectivity index (χ3n) is 0.882. The van der Waals surface area contributed by atoms with Gasteiger partial charge >= 0.3 is 11.9 Å². The second-order valence-corrected chi connectivity index (χ2v) is 1.45. The van der Waals surface area contributed by atoms with E-state index >= 15 is 0 Å². The van der Waals surface area contributed by atoms with Crippen LogP contribution < -0.4 is 4.67 Å². The van der Waals surface area contributed by atoms with Gasteiger partial charge in [0.25, 0.3) is 6.21 Å². The van der Waals surface area contributed by atoms with Crippen molar-refractivity contribution in [1.82, 2.24) is 4.67 Å². The van der Waals surface area contributed by atoms with Crippen LogP contribution in [0.5, 0.6) is 0 Å². The van der Waals surface area contributed by atoms with Crippen LogP contribution in [0.15, 0.2) is 11.6 Å². The van der Waals surface area contributed by atoms with Gasteiger partial charge in [0.1, 0.15) is 0 Å². The van der Waals surface area contributed by atoms with Crippen LogP contribution in [0.1, 0.15) is 0 Å². The molecule has 0 saturated carbocycles. The standard InChI is InChI=1S/C5H2FNO2/c6-4-3(5(8)9)1-2-7-4/h1-2H/p+1.